The van der Waals surface area contributed by atoms with E-state index in [-0.39, 0.29) is 41.2 Å². The Kier molecular flexibility index (Phi) is 6.24. The lowest BCUT2D eigenvalue weighted by atomic mass is 10.2. The summed E-state index contributed by atoms with van der Waals surface area (Å²) >= 11 is 11.5. The molecule has 0 bridgehead atoms. The first-order chi connectivity index (χ1) is 11.2. The first-order valence-electron chi connectivity index (χ1n) is 7.15. The van der Waals surface area contributed by atoms with Crippen LogP contribution in [0.4, 0.5) is 0 Å². The van der Waals surface area contributed by atoms with Crippen molar-refractivity contribution in [3.05, 3.63) is 26.6 Å². The molecule has 0 radical (unpaired) electrons. The van der Waals surface area contributed by atoms with Gasteiger partial charge in [-0.1, -0.05) is 23.2 Å². The van der Waals surface area contributed by atoms with Crippen molar-refractivity contribution in [2.24, 2.45) is 0 Å². The van der Waals surface area contributed by atoms with Crippen LogP contribution in [0, 0.1) is 0 Å². The molecule has 0 saturated carbocycles. The summed E-state index contributed by atoms with van der Waals surface area (Å²) < 4.78 is 29.2. The van der Waals surface area contributed by atoms with Crippen LogP contribution in [0.2, 0.25) is 10.0 Å². The summed E-state index contributed by atoms with van der Waals surface area (Å²) in [6.45, 7) is 0.133. The van der Waals surface area contributed by atoms with Crippen LogP contribution in [0.15, 0.2) is 11.0 Å². The molecule has 2 rings (SSSR count). The second-order valence-corrected chi connectivity index (χ2v) is 8.42. The first kappa shape index (κ1) is 19.2. The minimum Gasteiger partial charge on any atom is -0.383 e. The minimum atomic E-state index is -3.15. The number of rotatable bonds is 6. The van der Waals surface area contributed by atoms with Gasteiger partial charge in [-0.05, 0) is 6.42 Å². The molecule has 2 heterocycles. The molecule has 0 N–H and O–H groups in total. The van der Waals surface area contributed by atoms with Gasteiger partial charge in [-0.15, -0.1) is 0 Å². The Balaban J connectivity index is 2.19. The standard InChI is InChI=1S/C13H17Cl2N3O5S/c1-23-4-3-17(9-2-5-24(21,22)8-9)11(19)7-18-13(20)12(15)10(14)6-16-18/h6,9H,2-5,7-8H2,1H3/t9-/m0/s1. The van der Waals surface area contributed by atoms with Gasteiger partial charge in [0.05, 0.1) is 29.3 Å². The van der Waals surface area contributed by atoms with E-state index >= 15 is 0 Å². The van der Waals surface area contributed by atoms with E-state index in [1.54, 1.807) is 0 Å². The van der Waals surface area contributed by atoms with Gasteiger partial charge in [-0.25, -0.2) is 13.1 Å². The predicted octanol–water partition coefficient (Wildman–Crippen LogP) is 0.212. The van der Waals surface area contributed by atoms with Crippen LogP contribution in [0.5, 0.6) is 0 Å². The number of sulfone groups is 1. The summed E-state index contributed by atoms with van der Waals surface area (Å²) in [6.07, 6.45) is 1.54. The van der Waals surface area contributed by atoms with Gasteiger partial charge < -0.3 is 9.64 Å². The third-order valence-electron chi connectivity index (χ3n) is 3.73. The van der Waals surface area contributed by atoms with E-state index < -0.39 is 27.3 Å². The van der Waals surface area contributed by atoms with Crippen LogP contribution in [0.3, 0.4) is 0 Å². The van der Waals surface area contributed by atoms with E-state index in [2.05, 4.69) is 5.10 Å². The smallest absolute Gasteiger partial charge is 0.287 e. The van der Waals surface area contributed by atoms with Gasteiger partial charge in [-0.3, -0.25) is 9.59 Å². The van der Waals surface area contributed by atoms with Crippen LogP contribution >= 0.6 is 23.2 Å². The highest BCUT2D eigenvalue weighted by Crippen LogP contribution is 2.18. The first-order valence-corrected chi connectivity index (χ1v) is 9.73. The van der Waals surface area contributed by atoms with Gasteiger partial charge in [0.25, 0.3) is 5.56 Å². The highest BCUT2D eigenvalue weighted by molar-refractivity contribution is 7.91. The number of carbonyl (C=O) groups excluding carboxylic acids is 1. The number of aromatic nitrogens is 2. The Morgan fingerprint density at radius 2 is 2.21 bits per heavy atom. The van der Waals surface area contributed by atoms with Gasteiger partial charge in [0.15, 0.2) is 9.84 Å². The fourth-order valence-electron chi connectivity index (χ4n) is 2.50. The number of methoxy groups -OCH3 is 1. The van der Waals surface area contributed by atoms with Crippen LogP contribution in [0.25, 0.3) is 0 Å². The van der Waals surface area contributed by atoms with E-state index in [0.29, 0.717) is 6.42 Å². The average Bonchev–Trinajstić information content (AvgIpc) is 2.88. The molecule has 24 heavy (non-hydrogen) atoms. The third-order valence-corrected chi connectivity index (χ3v) is 6.23. The summed E-state index contributed by atoms with van der Waals surface area (Å²) in [4.78, 5) is 26.0. The topological polar surface area (TPSA) is 98.6 Å². The normalized spacial score (nSPS) is 19.4. The molecule has 0 unspecified atom stereocenters. The quantitative estimate of drug-likeness (QED) is 0.680. The van der Waals surface area contributed by atoms with Crippen molar-refractivity contribution >= 4 is 38.9 Å². The number of hydrogen-bond acceptors (Lipinski definition) is 6. The summed E-state index contributed by atoms with van der Waals surface area (Å²) in [7, 11) is -1.66. The van der Waals surface area contributed by atoms with E-state index in [1.807, 2.05) is 0 Å². The maximum atomic E-state index is 12.6. The second kappa shape index (κ2) is 7.81. The van der Waals surface area contributed by atoms with Gasteiger partial charge in [0, 0.05) is 19.7 Å². The Morgan fingerprint density at radius 1 is 1.50 bits per heavy atom. The summed E-state index contributed by atoms with van der Waals surface area (Å²) in [6, 6.07) is -0.434. The molecule has 8 nitrogen and oxygen atoms in total. The van der Waals surface area contributed by atoms with Crippen molar-refractivity contribution in [2.75, 3.05) is 31.8 Å². The Morgan fingerprint density at radius 3 is 2.79 bits per heavy atom. The van der Waals surface area contributed by atoms with Gasteiger partial charge >= 0.3 is 0 Å². The molecule has 0 spiro atoms. The van der Waals surface area contributed by atoms with Crippen molar-refractivity contribution in [3.63, 3.8) is 0 Å². The fraction of sp³-hybridized carbons (Fsp3) is 0.615. The molecule has 0 aromatic carbocycles. The van der Waals surface area contributed by atoms with Crippen LogP contribution in [-0.2, 0) is 25.9 Å². The Labute approximate surface area is 149 Å². The summed E-state index contributed by atoms with van der Waals surface area (Å²) in [5.74, 6) is -0.479. The highest BCUT2D eigenvalue weighted by atomic mass is 35.5. The van der Waals surface area contributed by atoms with E-state index in [0.717, 1.165) is 4.68 Å². The largest absolute Gasteiger partial charge is 0.383 e. The molecule has 1 aromatic rings. The number of amides is 1. The number of nitrogens with zero attached hydrogens (tertiary/aromatic N) is 3. The van der Waals surface area contributed by atoms with Gasteiger partial charge in [0.1, 0.15) is 11.6 Å². The van der Waals surface area contributed by atoms with Crippen molar-refractivity contribution in [3.8, 4) is 0 Å². The molecule has 0 aliphatic carbocycles. The second-order valence-electron chi connectivity index (χ2n) is 5.41. The number of hydrogen-bond donors (Lipinski definition) is 0. The van der Waals surface area contributed by atoms with E-state index in [1.165, 1.54) is 18.2 Å². The average molecular weight is 398 g/mol. The zero-order chi connectivity index (χ0) is 17.9. The molecule has 1 atom stereocenters. The zero-order valence-electron chi connectivity index (χ0n) is 12.9. The van der Waals surface area contributed by atoms with Crippen LogP contribution < -0.4 is 5.56 Å². The van der Waals surface area contributed by atoms with Crippen molar-refractivity contribution in [1.82, 2.24) is 14.7 Å². The van der Waals surface area contributed by atoms with Crippen molar-refractivity contribution in [1.29, 1.82) is 0 Å². The molecule has 11 heteroatoms. The van der Waals surface area contributed by atoms with Gasteiger partial charge in [-0.2, -0.15) is 5.10 Å². The third kappa shape index (κ3) is 4.47. The Bertz CT molecular complexity index is 780. The lowest BCUT2D eigenvalue weighted by Crippen LogP contribution is -2.45. The molecule has 1 aliphatic heterocycles. The van der Waals surface area contributed by atoms with Gasteiger partial charge in [0.2, 0.25) is 5.91 Å². The van der Waals surface area contributed by atoms with Crippen LogP contribution in [0.1, 0.15) is 6.42 Å². The molecule has 1 saturated heterocycles. The number of ether oxygens (including phenoxy) is 1. The maximum Gasteiger partial charge on any atom is 0.287 e. The summed E-state index contributed by atoms with van der Waals surface area (Å²) in [5, 5.41) is 3.57. The lowest BCUT2D eigenvalue weighted by molar-refractivity contribution is -0.134. The highest BCUT2D eigenvalue weighted by Gasteiger charge is 2.34. The molecule has 134 valence electrons. The monoisotopic (exact) mass is 397 g/mol. The zero-order valence-corrected chi connectivity index (χ0v) is 15.3. The molecule has 1 aromatic heterocycles. The molecular weight excluding hydrogens is 381 g/mol. The maximum absolute atomic E-state index is 12.6. The van der Waals surface area contributed by atoms with E-state index in [9.17, 15) is 18.0 Å². The molecule has 1 aliphatic rings. The predicted molar refractivity (Wildman–Crippen MR) is 89.2 cm³/mol. The number of halogens is 2. The van der Waals surface area contributed by atoms with Crippen LogP contribution in [-0.4, -0.2) is 66.8 Å². The molecule has 1 amide bonds. The minimum absolute atomic E-state index is 0.00323. The SMILES string of the molecule is COCCN(C(=O)Cn1ncc(Cl)c(Cl)c1=O)[C@H]1CCS(=O)(=O)C1. The molecular formula is C13H17Cl2N3O5S. The fourth-order valence-corrected chi connectivity index (χ4v) is 4.50. The molecule has 1 fully saturated rings. The van der Waals surface area contributed by atoms with E-state index in [4.69, 9.17) is 27.9 Å². The number of carbonyl (C=O) groups is 1. The summed E-state index contributed by atoms with van der Waals surface area (Å²) in [5.41, 5.74) is -0.678. The van der Waals surface area contributed by atoms with Crippen molar-refractivity contribution in [2.45, 2.75) is 19.0 Å². The Hall–Kier alpha value is -1.16. The van der Waals surface area contributed by atoms with Crippen molar-refractivity contribution < 1.29 is 17.9 Å². The lowest BCUT2D eigenvalue weighted by Gasteiger charge is -2.28.